The molecule has 0 bridgehead atoms. The van der Waals surface area contributed by atoms with Crippen LogP contribution in [-0.2, 0) is 9.22 Å². The Morgan fingerprint density at radius 2 is 1.40 bits per heavy atom. The van der Waals surface area contributed by atoms with E-state index in [0.717, 1.165) is 0 Å². The molecule has 0 aliphatic carbocycles. The molecular formula is CH8BO7P. The van der Waals surface area contributed by atoms with Crippen molar-refractivity contribution in [1.29, 1.82) is 0 Å². The summed E-state index contributed by atoms with van der Waals surface area (Å²) in [5.74, 6) is 0. The van der Waals surface area contributed by atoms with Gasteiger partial charge < -0.3 is 29.4 Å². The van der Waals surface area contributed by atoms with E-state index in [1.807, 2.05) is 0 Å². The summed E-state index contributed by atoms with van der Waals surface area (Å²) in [4.78, 5) is 21.6. The highest BCUT2D eigenvalue weighted by molar-refractivity contribution is 7.45. The summed E-state index contributed by atoms with van der Waals surface area (Å²) >= 11 is 0. The SMILES string of the molecule is COB(O)O.O=P(O)(O)O. The number of rotatable bonds is 1. The molecule has 9 heteroatoms. The van der Waals surface area contributed by atoms with E-state index in [4.69, 9.17) is 29.3 Å². The Morgan fingerprint density at radius 3 is 1.40 bits per heavy atom. The van der Waals surface area contributed by atoms with Crippen molar-refractivity contribution < 1.29 is 33.9 Å². The molecule has 0 heterocycles. The van der Waals surface area contributed by atoms with Crippen LogP contribution >= 0.6 is 7.82 Å². The molecule has 0 aromatic carbocycles. The third-order valence-electron chi connectivity index (χ3n) is 0.211. The van der Waals surface area contributed by atoms with Crippen LogP contribution < -0.4 is 0 Å². The molecule has 0 aliphatic heterocycles. The summed E-state index contributed by atoms with van der Waals surface area (Å²) in [6.07, 6.45) is 0. The molecule has 0 saturated carbocycles. The van der Waals surface area contributed by atoms with Crippen molar-refractivity contribution in [2.45, 2.75) is 0 Å². The molecule has 0 spiro atoms. The topological polar surface area (TPSA) is 127 Å². The van der Waals surface area contributed by atoms with Gasteiger partial charge in [0, 0.05) is 7.11 Å². The summed E-state index contributed by atoms with van der Waals surface area (Å²) < 4.78 is 12.7. The molecule has 0 rings (SSSR count). The zero-order chi connectivity index (χ0) is 8.78. The standard InChI is InChI=1S/CH5BO3.H3O4P/c1-5-2(3)4;1-5(2,3)4/h3-4H,1H3;(H3,1,2,3,4). The minimum absolute atomic E-state index is 1.20. The lowest BCUT2D eigenvalue weighted by molar-refractivity contribution is 0.229. The van der Waals surface area contributed by atoms with Gasteiger partial charge in [0.25, 0.3) is 0 Å². The normalized spacial score (nSPS) is 9.80. The Hall–Kier alpha value is 0.0549. The van der Waals surface area contributed by atoms with Crippen LogP contribution in [0.1, 0.15) is 0 Å². The fourth-order valence-electron chi connectivity index (χ4n) is 0. The first-order chi connectivity index (χ1) is 4.27. The molecule has 5 N–H and O–H groups in total. The summed E-state index contributed by atoms with van der Waals surface area (Å²) in [5.41, 5.74) is 0. The van der Waals surface area contributed by atoms with Crippen LogP contribution in [0.2, 0.25) is 0 Å². The first kappa shape index (κ1) is 12.7. The van der Waals surface area contributed by atoms with E-state index in [-0.39, 0.29) is 0 Å². The zero-order valence-corrected chi connectivity index (χ0v) is 5.97. The second-order valence-corrected chi connectivity index (χ2v) is 2.10. The van der Waals surface area contributed by atoms with Gasteiger partial charge in [0.1, 0.15) is 0 Å². The molecule has 0 fully saturated rings. The van der Waals surface area contributed by atoms with Gasteiger partial charge >= 0.3 is 15.1 Å². The molecular weight excluding hydrogens is 166 g/mol. The van der Waals surface area contributed by atoms with Gasteiger partial charge in [-0.3, -0.25) is 0 Å². The Bertz CT molecular complexity index is 97.9. The van der Waals surface area contributed by atoms with Gasteiger partial charge in [0.15, 0.2) is 0 Å². The molecule has 10 heavy (non-hydrogen) atoms. The second-order valence-electron chi connectivity index (χ2n) is 1.08. The van der Waals surface area contributed by atoms with Crippen molar-refractivity contribution in [2.24, 2.45) is 0 Å². The van der Waals surface area contributed by atoms with E-state index in [1.165, 1.54) is 7.11 Å². The molecule has 0 aromatic rings. The highest BCUT2D eigenvalue weighted by Gasteiger charge is 2.00. The van der Waals surface area contributed by atoms with E-state index in [2.05, 4.69) is 4.65 Å². The second kappa shape index (κ2) is 5.81. The molecule has 0 radical (unpaired) electrons. The van der Waals surface area contributed by atoms with E-state index < -0.39 is 15.1 Å². The minimum atomic E-state index is -4.64. The molecule has 0 amide bonds. The first-order valence-electron chi connectivity index (χ1n) is 1.94. The number of hydrogen-bond acceptors (Lipinski definition) is 4. The third-order valence-corrected chi connectivity index (χ3v) is 0.211. The van der Waals surface area contributed by atoms with E-state index >= 15 is 0 Å². The van der Waals surface area contributed by atoms with Gasteiger partial charge in [-0.15, -0.1) is 0 Å². The van der Waals surface area contributed by atoms with Crippen LogP contribution in [0.25, 0.3) is 0 Å². The molecule has 0 saturated heterocycles. The van der Waals surface area contributed by atoms with Crippen molar-refractivity contribution in [3.63, 3.8) is 0 Å². The molecule has 62 valence electrons. The van der Waals surface area contributed by atoms with Gasteiger partial charge in [0.05, 0.1) is 0 Å². The maximum absolute atomic E-state index is 8.88. The van der Waals surface area contributed by atoms with Crippen molar-refractivity contribution in [2.75, 3.05) is 7.11 Å². The average molecular weight is 174 g/mol. The first-order valence-corrected chi connectivity index (χ1v) is 3.51. The smallest absolute Gasteiger partial charge is 0.402 e. The van der Waals surface area contributed by atoms with E-state index in [1.54, 1.807) is 0 Å². The number of phosphoric acid groups is 1. The average Bonchev–Trinajstić information content (AvgIpc) is 1.61. The Morgan fingerprint density at radius 1 is 1.30 bits per heavy atom. The lowest BCUT2D eigenvalue weighted by atomic mass is 10.3. The minimum Gasteiger partial charge on any atom is -0.402 e. The third kappa shape index (κ3) is 94.9. The van der Waals surface area contributed by atoms with Gasteiger partial charge in [-0.1, -0.05) is 0 Å². The predicted octanol–water partition coefficient (Wildman–Crippen LogP) is -2.33. The molecule has 0 atom stereocenters. The summed E-state index contributed by atoms with van der Waals surface area (Å²) in [5, 5.41) is 15.4. The van der Waals surface area contributed by atoms with Gasteiger partial charge in [-0.05, 0) is 0 Å². The Balaban J connectivity index is 0. The molecule has 7 nitrogen and oxygen atoms in total. The maximum Gasteiger partial charge on any atom is 0.633 e. The van der Waals surface area contributed by atoms with Crippen LogP contribution in [0, 0.1) is 0 Å². The fraction of sp³-hybridized carbons (Fsp3) is 1.00. The maximum atomic E-state index is 8.88. The monoisotopic (exact) mass is 174 g/mol. The predicted molar refractivity (Wildman–Crippen MR) is 31.5 cm³/mol. The highest BCUT2D eigenvalue weighted by atomic mass is 31.2. The Kier molecular flexibility index (Phi) is 7.38. The van der Waals surface area contributed by atoms with Gasteiger partial charge in [-0.25, -0.2) is 4.57 Å². The van der Waals surface area contributed by atoms with Gasteiger partial charge in [-0.2, -0.15) is 0 Å². The highest BCUT2D eigenvalue weighted by Crippen LogP contribution is 2.25. The van der Waals surface area contributed by atoms with E-state index in [9.17, 15) is 0 Å². The van der Waals surface area contributed by atoms with Crippen molar-refractivity contribution in [3.05, 3.63) is 0 Å². The zero-order valence-electron chi connectivity index (χ0n) is 5.08. The van der Waals surface area contributed by atoms with Crippen LogP contribution in [0.4, 0.5) is 0 Å². The van der Waals surface area contributed by atoms with Crippen molar-refractivity contribution in [1.82, 2.24) is 0 Å². The molecule has 0 aromatic heterocycles. The Labute approximate surface area is 57.3 Å². The lowest BCUT2D eigenvalue weighted by Crippen LogP contribution is -2.12. The quantitative estimate of drug-likeness (QED) is 0.223. The van der Waals surface area contributed by atoms with Crippen LogP contribution in [0.15, 0.2) is 0 Å². The number of hydrogen-bond donors (Lipinski definition) is 5. The van der Waals surface area contributed by atoms with Crippen LogP contribution in [-0.4, -0.2) is 39.2 Å². The lowest BCUT2D eigenvalue weighted by Gasteiger charge is -1.84. The van der Waals surface area contributed by atoms with Crippen LogP contribution in [0.3, 0.4) is 0 Å². The molecule has 0 aliphatic rings. The van der Waals surface area contributed by atoms with Crippen molar-refractivity contribution in [3.8, 4) is 0 Å². The van der Waals surface area contributed by atoms with E-state index in [0.29, 0.717) is 0 Å². The summed E-state index contributed by atoms with van der Waals surface area (Å²) in [6, 6.07) is 0. The summed E-state index contributed by atoms with van der Waals surface area (Å²) in [7, 11) is -5.06. The van der Waals surface area contributed by atoms with Crippen LogP contribution in [0.5, 0.6) is 0 Å². The van der Waals surface area contributed by atoms with Gasteiger partial charge in [0.2, 0.25) is 0 Å². The largest absolute Gasteiger partial charge is 0.633 e. The summed E-state index contributed by atoms with van der Waals surface area (Å²) in [6.45, 7) is 0. The van der Waals surface area contributed by atoms with Crippen molar-refractivity contribution >= 4 is 15.1 Å². The fourth-order valence-corrected chi connectivity index (χ4v) is 0. The molecule has 0 unspecified atom stereocenters.